The summed E-state index contributed by atoms with van der Waals surface area (Å²) < 4.78 is 28.1. The van der Waals surface area contributed by atoms with Crippen LogP contribution in [0.4, 0.5) is 11.4 Å². The highest BCUT2D eigenvalue weighted by molar-refractivity contribution is 7.92. The summed E-state index contributed by atoms with van der Waals surface area (Å²) in [5.41, 5.74) is 1.69. The third kappa shape index (κ3) is 4.35. The molecule has 0 unspecified atom stereocenters. The maximum atomic E-state index is 12.9. The van der Waals surface area contributed by atoms with Gasteiger partial charge in [-0.3, -0.25) is 9.52 Å². The Bertz CT molecular complexity index is 1100. The summed E-state index contributed by atoms with van der Waals surface area (Å²) >= 11 is 6.05. The fourth-order valence-electron chi connectivity index (χ4n) is 2.67. The van der Waals surface area contributed by atoms with E-state index in [0.717, 1.165) is 5.69 Å². The number of hydrogen-bond acceptors (Lipinski definition) is 4. The first-order chi connectivity index (χ1) is 13.3. The molecule has 0 atom stereocenters. The van der Waals surface area contributed by atoms with Crippen LogP contribution in [0.3, 0.4) is 0 Å². The average Bonchev–Trinajstić information content (AvgIpc) is 2.69. The van der Waals surface area contributed by atoms with Crippen LogP contribution < -0.4 is 9.62 Å². The monoisotopic (exact) mass is 414 g/mol. The van der Waals surface area contributed by atoms with Crippen molar-refractivity contribution >= 4 is 38.8 Å². The van der Waals surface area contributed by atoms with Crippen molar-refractivity contribution in [1.29, 1.82) is 0 Å². The van der Waals surface area contributed by atoms with Crippen LogP contribution in [0.2, 0.25) is 5.02 Å². The van der Waals surface area contributed by atoms with Crippen molar-refractivity contribution in [2.45, 2.75) is 4.90 Å². The first kappa shape index (κ1) is 19.9. The second-order valence-electron chi connectivity index (χ2n) is 6.38. The lowest BCUT2D eigenvalue weighted by molar-refractivity contribution is 0.103. The van der Waals surface area contributed by atoms with Gasteiger partial charge < -0.3 is 4.90 Å². The summed E-state index contributed by atoms with van der Waals surface area (Å²) in [6.07, 6.45) is 0. The first-order valence-electron chi connectivity index (χ1n) is 8.47. The SMILES string of the molecule is CN(C)c1ccc(S(=O)(=O)Nc2ccc(Cl)cc2C(=O)c2ccccc2)cc1. The standard InChI is InChI=1S/C21H19ClN2O3S/c1-24(2)17-9-11-18(12-10-17)28(26,27)23-20-13-8-16(22)14-19(20)21(25)15-6-4-3-5-7-15/h3-14,23H,1-2H3. The maximum absolute atomic E-state index is 12.9. The molecule has 0 amide bonds. The summed E-state index contributed by atoms with van der Waals surface area (Å²) in [6.45, 7) is 0. The van der Waals surface area contributed by atoms with Gasteiger partial charge in [0.2, 0.25) is 0 Å². The van der Waals surface area contributed by atoms with Crippen LogP contribution in [0.5, 0.6) is 0 Å². The minimum absolute atomic E-state index is 0.103. The second-order valence-corrected chi connectivity index (χ2v) is 8.50. The Morgan fingerprint density at radius 3 is 2.18 bits per heavy atom. The number of carbonyl (C=O) groups excluding carboxylic acids is 1. The molecule has 0 bridgehead atoms. The number of nitrogens with one attached hydrogen (secondary N) is 1. The minimum Gasteiger partial charge on any atom is -0.378 e. The highest BCUT2D eigenvalue weighted by atomic mass is 35.5. The summed E-state index contributed by atoms with van der Waals surface area (Å²) in [4.78, 5) is 14.8. The molecule has 0 aliphatic rings. The van der Waals surface area contributed by atoms with Crippen LogP contribution >= 0.6 is 11.6 Å². The summed E-state index contributed by atoms with van der Waals surface area (Å²) in [6, 6.07) is 19.6. The van der Waals surface area contributed by atoms with Crippen LogP contribution in [0.25, 0.3) is 0 Å². The Morgan fingerprint density at radius 2 is 1.57 bits per heavy atom. The fraction of sp³-hybridized carbons (Fsp3) is 0.0952. The third-order valence-electron chi connectivity index (χ3n) is 4.17. The van der Waals surface area contributed by atoms with E-state index in [4.69, 9.17) is 11.6 Å². The number of carbonyl (C=O) groups is 1. The first-order valence-corrected chi connectivity index (χ1v) is 10.3. The van der Waals surface area contributed by atoms with Crippen molar-refractivity contribution in [2.75, 3.05) is 23.7 Å². The largest absolute Gasteiger partial charge is 0.378 e. The van der Waals surface area contributed by atoms with Gasteiger partial charge in [0, 0.05) is 35.9 Å². The molecule has 0 saturated heterocycles. The lowest BCUT2D eigenvalue weighted by Gasteiger charge is -2.15. The Morgan fingerprint density at radius 1 is 0.929 bits per heavy atom. The molecule has 28 heavy (non-hydrogen) atoms. The van der Waals surface area contributed by atoms with E-state index < -0.39 is 10.0 Å². The fourth-order valence-corrected chi connectivity index (χ4v) is 3.92. The van der Waals surface area contributed by atoms with Gasteiger partial charge >= 0.3 is 0 Å². The van der Waals surface area contributed by atoms with E-state index in [1.165, 1.54) is 30.3 Å². The van der Waals surface area contributed by atoms with Gasteiger partial charge in [-0.2, -0.15) is 0 Å². The molecule has 3 aromatic rings. The molecule has 0 radical (unpaired) electrons. The van der Waals surface area contributed by atoms with Crippen molar-refractivity contribution < 1.29 is 13.2 Å². The number of ketones is 1. The smallest absolute Gasteiger partial charge is 0.261 e. The predicted molar refractivity (Wildman–Crippen MR) is 113 cm³/mol. The van der Waals surface area contributed by atoms with Crippen LogP contribution in [-0.4, -0.2) is 28.3 Å². The molecule has 0 saturated carbocycles. The van der Waals surface area contributed by atoms with Crippen LogP contribution in [0.1, 0.15) is 15.9 Å². The zero-order chi connectivity index (χ0) is 20.3. The molecule has 0 spiro atoms. The molecule has 0 heterocycles. The van der Waals surface area contributed by atoms with Gasteiger partial charge in [0.05, 0.1) is 10.6 Å². The van der Waals surface area contributed by atoms with E-state index >= 15 is 0 Å². The van der Waals surface area contributed by atoms with Gasteiger partial charge in [0.25, 0.3) is 10.0 Å². The van der Waals surface area contributed by atoms with Gasteiger partial charge in [0.1, 0.15) is 0 Å². The number of anilines is 2. The zero-order valence-corrected chi connectivity index (χ0v) is 17.0. The van der Waals surface area contributed by atoms with E-state index in [1.807, 2.05) is 19.0 Å². The Kier molecular flexibility index (Phi) is 5.72. The van der Waals surface area contributed by atoms with Gasteiger partial charge in [-0.15, -0.1) is 0 Å². The highest BCUT2D eigenvalue weighted by Crippen LogP contribution is 2.26. The molecule has 3 aromatic carbocycles. The topological polar surface area (TPSA) is 66.5 Å². The third-order valence-corrected chi connectivity index (χ3v) is 5.79. The quantitative estimate of drug-likeness (QED) is 0.605. The predicted octanol–water partition coefficient (Wildman–Crippen LogP) is 4.44. The Hall–Kier alpha value is -2.83. The number of benzene rings is 3. The molecule has 0 aliphatic heterocycles. The summed E-state index contributed by atoms with van der Waals surface area (Å²) in [5, 5.41) is 0.345. The number of halogens is 1. The molecule has 7 heteroatoms. The van der Waals surface area contributed by atoms with Crippen LogP contribution in [0, 0.1) is 0 Å². The van der Waals surface area contributed by atoms with Crippen molar-refractivity contribution in [3.8, 4) is 0 Å². The Balaban J connectivity index is 1.97. The van der Waals surface area contributed by atoms with E-state index in [1.54, 1.807) is 42.5 Å². The lowest BCUT2D eigenvalue weighted by atomic mass is 10.0. The van der Waals surface area contributed by atoms with E-state index in [0.29, 0.717) is 10.6 Å². The van der Waals surface area contributed by atoms with Gasteiger partial charge in [-0.05, 0) is 42.5 Å². The molecule has 0 aliphatic carbocycles. The molecule has 5 nitrogen and oxygen atoms in total. The average molecular weight is 415 g/mol. The second kappa shape index (κ2) is 8.04. The number of hydrogen-bond donors (Lipinski definition) is 1. The van der Waals surface area contributed by atoms with Crippen molar-refractivity contribution in [2.24, 2.45) is 0 Å². The summed E-state index contributed by atoms with van der Waals surface area (Å²) in [7, 11) is -0.127. The minimum atomic E-state index is -3.87. The molecular formula is C21H19ClN2O3S. The number of rotatable bonds is 6. The molecule has 144 valence electrons. The molecule has 1 N–H and O–H groups in total. The normalized spacial score (nSPS) is 11.1. The zero-order valence-electron chi connectivity index (χ0n) is 15.4. The lowest BCUT2D eigenvalue weighted by Crippen LogP contribution is -2.16. The molecular weight excluding hydrogens is 396 g/mol. The van der Waals surface area contributed by atoms with Crippen molar-refractivity contribution in [1.82, 2.24) is 0 Å². The molecule has 0 fully saturated rings. The van der Waals surface area contributed by atoms with Crippen LogP contribution in [-0.2, 0) is 10.0 Å². The number of nitrogens with zero attached hydrogens (tertiary/aromatic N) is 1. The molecule has 3 rings (SSSR count). The molecule has 0 aromatic heterocycles. The van der Waals surface area contributed by atoms with Crippen molar-refractivity contribution in [3.05, 3.63) is 88.9 Å². The number of sulfonamides is 1. The maximum Gasteiger partial charge on any atom is 0.261 e. The van der Waals surface area contributed by atoms with Gasteiger partial charge in [0.15, 0.2) is 5.78 Å². The van der Waals surface area contributed by atoms with E-state index in [9.17, 15) is 13.2 Å². The van der Waals surface area contributed by atoms with Gasteiger partial charge in [-0.1, -0.05) is 41.9 Å². The van der Waals surface area contributed by atoms with E-state index in [-0.39, 0.29) is 21.9 Å². The highest BCUT2D eigenvalue weighted by Gasteiger charge is 2.20. The van der Waals surface area contributed by atoms with Gasteiger partial charge in [-0.25, -0.2) is 8.42 Å². The van der Waals surface area contributed by atoms with Crippen LogP contribution in [0.15, 0.2) is 77.7 Å². The summed E-state index contributed by atoms with van der Waals surface area (Å²) in [5.74, 6) is -0.316. The Labute approximate surface area is 169 Å². The van der Waals surface area contributed by atoms with Crippen molar-refractivity contribution in [3.63, 3.8) is 0 Å². The van der Waals surface area contributed by atoms with E-state index in [2.05, 4.69) is 4.72 Å².